The van der Waals surface area contributed by atoms with Crippen LogP contribution in [0.5, 0.6) is 0 Å². The van der Waals surface area contributed by atoms with Crippen LogP contribution in [0.15, 0.2) is 30.8 Å². The highest BCUT2D eigenvalue weighted by atomic mass is 15.2. The number of pyridine rings is 1. The monoisotopic (exact) mass is 268 g/mol. The van der Waals surface area contributed by atoms with Crippen molar-refractivity contribution in [1.29, 1.82) is 0 Å². The minimum absolute atomic E-state index is 0.0435. The number of aryl methyl sites for hydroxylation is 1. The Balaban J connectivity index is 2.70. The van der Waals surface area contributed by atoms with Gasteiger partial charge in [-0.1, -0.05) is 24.8 Å². The van der Waals surface area contributed by atoms with Gasteiger partial charge < -0.3 is 4.90 Å². The van der Waals surface area contributed by atoms with Crippen molar-refractivity contribution in [3.05, 3.63) is 47.7 Å². The van der Waals surface area contributed by atoms with Crippen molar-refractivity contribution >= 4 is 16.6 Å². The van der Waals surface area contributed by atoms with Crippen LogP contribution in [-0.2, 0) is 0 Å². The molecule has 1 heterocycles. The number of nitrogens with zero attached hydrogens (tertiary/aromatic N) is 2. The van der Waals surface area contributed by atoms with Crippen LogP contribution in [0.4, 0.5) is 0 Å². The lowest BCUT2D eigenvalue weighted by Crippen LogP contribution is -2.36. The van der Waals surface area contributed by atoms with Crippen LogP contribution in [0.1, 0.15) is 37.6 Å². The first kappa shape index (κ1) is 14.6. The molecule has 2 heteroatoms. The van der Waals surface area contributed by atoms with Gasteiger partial charge in [-0.3, -0.25) is 4.98 Å². The molecule has 0 aliphatic rings. The first-order chi connectivity index (χ1) is 9.23. The Morgan fingerprint density at radius 2 is 1.75 bits per heavy atom. The number of benzene rings is 1. The van der Waals surface area contributed by atoms with E-state index in [9.17, 15) is 0 Å². The van der Waals surface area contributed by atoms with Gasteiger partial charge in [0.2, 0.25) is 0 Å². The van der Waals surface area contributed by atoms with Crippen molar-refractivity contribution in [3.63, 3.8) is 0 Å². The summed E-state index contributed by atoms with van der Waals surface area (Å²) in [7, 11) is 2.10. The van der Waals surface area contributed by atoms with Gasteiger partial charge in [0, 0.05) is 34.9 Å². The summed E-state index contributed by atoms with van der Waals surface area (Å²) >= 11 is 0. The van der Waals surface area contributed by atoms with Gasteiger partial charge in [-0.25, -0.2) is 0 Å². The highest BCUT2D eigenvalue weighted by Gasteiger charge is 2.22. The summed E-state index contributed by atoms with van der Waals surface area (Å²) in [6.07, 6.45) is 0. The molecule has 106 valence electrons. The van der Waals surface area contributed by atoms with Gasteiger partial charge in [-0.15, -0.1) is 0 Å². The Bertz CT molecular complexity index is 663. The molecule has 0 bridgehead atoms. The Kier molecular flexibility index (Phi) is 3.59. The van der Waals surface area contributed by atoms with E-state index in [4.69, 9.17) is 0 Å². The molecule has 0 radical (unpaired) electrons. The zero-order chi connectivity index (χ0) is 15.1. The number of hydrogen-bond donors (Lipinski definition) is 0. The molecule has 0 amide bonds. The Hall–Kier alpha value is -1.83. The van der Waals surface area contributed by atoms with Crippen LogP contribution in [0.2, 0.25) is 0 Å². The second-order valence-electron chi connectivity index (χ2n) is 6.39. The van der Waals surface area contributed by atoms with E-state index in [1.165, 1.54) is 16.5 Å². The Labute approximate surface area is 122 Å². The SMILES string of the molecule is C=C(c1c(C)c(C)nc2ccccc12)N(C)C(C)(C)C. The number of fused-ring (bicyclic) bond motifs is 1. The minimum Gasteiger partial charge on any atom is -0.370 e. The fourth-order valence-corrected chi connectivity index (χ4v) is 2.37. The molecular weight excluding hydrogens is 244 g/mol. The van der Waals surface area contributed by atoms with Crippen LogP contribution in [-0.4, -0.2) is 22.5 Å². The maximum Gasteiger partial charge on any atom is 0.0712 e. The van der Waals surface area contributed by atoms with Crippen molar-refractivity contribution in [2.24, 2.45) is 0 Å². The zero-order valence-electron chi connectivity index (χ0n) is 13.4. The molecule has 20 heavy (non-hydrogen) atoms. The van der Waals surface area contributed by atoms with Gasteiger partial charge in [0.1, 0.15) is 0 Å². The standard InChI is InChI=1S/C18H24N2/c1-12-13(2)19-16-11-9-8-10-15(16)17(12)14(3)20(7)18(4,5)6/h8-11H,3H2,1-2,4-7H3. The van der Waals surface area contributed by atoms with Crippen LogP contribution >= 0.6 is 0 Å². The van der Waals surface area contributed by atoms with Gasteiger partial charge in [-0.05, 0) is 46.2 Å². The van der Waals surface area contributed by atoms with Crippen molar-refractivity contribution in [1.82, 2.24) is 9.88 Å². The van der Waals surface area contributed by atoms with Crippen molar-refractivity contribution < 1.29 is 0 Å². The molecule has 0 unspecified atom stereocenters. The van der Waals surface area contributed by atoms with E-state index in [0.29, 0.717) is 0 Å². The summed E-state index contributed by atoms with van der Waals surface area (Å²) in [5.74, 6) is 0. The van der Waals surface area contributed by atoms with E-state index in [0.717, 1.165) is 16.9 Å². The van der Waals surface area contributed by atoms with Crippen LogP contribution in [0.3, 0.4) is 0 Å². The predicted octanol–water partition coefficient (Wildman–Crippen LogP) is 4.55. The fourth-order valence-electron chi connectivity index (χ4n) is 2.37. The predicted molar refractivity (Wildman–Crippen MR) is 87.8 cm³/mol. The van der Waals surface area contributed by atoms with Gasteiger partial charge in [0.25, 0.3) is 0 Å². The van der Waals surface area contributed by atoms with Crippen molar-refractivity contribution in [2.75, 3.05) is 7.05 Å². The van der Waals surface area contributed by atoms with Crippen molar-refractivity contribution in [2.45, 2.75) is 40.2 Å². The molecule has 2 nitrogen and oxygen atoms in total. The van der Waals surface area contributed by atoms with Gasteiger partial charge in [0.15, 0.2) is 0 Å². The van der Waals surface area contributed by atoms with E-state index < -0.39 is 0 Å². The molecule has 0 aliphatic carbocycles. The first-order valence-electron chi connectivity index (χ1n) is 7.02. The lowest BCUT2D eigenvalue weighted by Gasteiger charge is -2.36. The second-order valence-corrected chi connectivity index (χ2v) is 6.39. The zero-order valence-corrected chi connectivity index (χ0v) is 13.4. The fraction of sp³-hybridized carbons (Fsp3) is 0.389. The molecule has 0 saturated carbocycles. The molecule has 0 saturated heterocycles. The minimum atomic E-state index is 0.0435. The molecule has 0 aliphatic heterocycles. The number of rotatable bonds is 2. The lowest BCUT2D eigenvalue weighted by molar-refractivity contribution is 0.266. The summed E-state index contributed by atoms with van der Waals surface area (Å²) in [6.45, 7) is 15.1. The summed E-state index contributed by atoms with van der Waals surface area (Å²) in [5, 5.41) is 1.18. The maximum atomic E-state index is 4.68. The van der Waals surface area contributed by atoms with Gasteiger partial charge >= 0.3 is 0 Å². The van der Waals surface area contributed by atoms with Crippen LogP contribution < -0.4 is 0 Å². The number of para-hydroxylation sites is 1. The lowest BCUT2D eigenvalue weighted by atomic mass is 9.96. The van der Waals surface area contributed by atoms with E-state index >= 15 is 0 Å². The molecule has 1 aromatic carbocycles. The summed E-state index contributed by atoms with van der Waals surface area (Å²) in [6, 6.07) is 8.29. The third-order valence-corrected chi connectivity index (χ3v) is 4.08. The topological polar surface area (TPSA) is 16.1 Å². The Morgan fingerprint density at radius 3 is 2.35 bits per heavy atom. The van der Waals surface area contributed by atoms with E-state index in [1.54, 1.807) is 0 Å². The molecule has 0 fully saturated rings. The third kappa shape index (κ3) is 2.43. The van der Waals surface area contributed by atoms with Crippen molar-refractivity contribution in [3.8, 4) is 0 Å². The summed E-state index contributed by atoms with van der Waals surface area (Å²) < 4.78 is 0. The molecule has 0 N–H and O–H groups in total. The molecular formula is C18H24N2. The maximum absolute atomic E-state index is 4.68. The average molecular weight is 268 g/mol. The van der Waals surface area contributed by atoms with E-state index in [2.05, 4.69) is 76.3 Å². The summed E-state index contributed by atoms with van der Waals surface area (Å²) in [4.78, 5) is 6.92. The number of hydrogen-bond acceptors (Lipinski definition) is 2. The third-order valence-electron chi connectivity index (χ3n) is 4.08. The molecule has 1 aromatic heterocycles. The molecule has 0 spiro atoms. The van der Waals surface area contributed by atoms with Crippen LogP contribution in [0.25, 0.3) is 16.6 Å². The largest absolute Gasteiger partial charge is 0.370 e. The second kappa shape index (κ2) is 4.93. The summed E-state index contributed by atoms with van der Waals surface area (Å²) in [5.41, 5.74) is 5.63. The Morgan fingerprint density at radius 1 is 1.15 bits per heavy atom. The van der Waals surface area contributed by atoms with Gasteiger partial charge in [-0.2, -0.15) is 0 Å². The van der Waals surface area contributed by atoms with Gasteiger partial charge in [0.05, 0.1) is 5.52 Å². The average Bonchev–Trinajstić information content (AvgIpc) is 2.37. The quantitative estimate of drug-likeness (QED) is 0.794. The molecule has 2 rings (SSSR count). The van der Waals surface area contributed by atoms with Crippen LogP contribution in [0, 0.1) is 13.8 Å². The molecule has 0 atom stereocenters. The van der Waals surface area contributed by atoms with E-state index in [1.807, 2.05) is 6.07 Å². The highest BCUT2D eigenvalue weighted by molar-refractivity contribution is 5.92. The normalized spacial score (nSPS) is 11.7. The smallest absolute Gasteiger partial charge is 0.0712 e. The number of aromatic nitrogens is 1. The highest BCUT2D eigenvalue weighted by Crippen LogP contribution is 2.32. The van der Waals surface area contributed by atoms with E-state index in [-0.39, 0.29) is 5.54 Å². The molecule has 2 aromatic rings. The first-order valence-corrected chi connectivity index (χ1v) is 7.02.